The Morgan fingerprint density at radius 1 is 0.714 bits per heavy atom. The SMILES string of the molecule is CCC(C)CCCC(C)CCCC(C)CCCC(C)(C)O. The lowest BCUT2D eigenvalue weighted by Crippen LogP contribution is -2.18. The number of hydrogen-bond donors (Lipinski definition) is 1. The zero-order valence-corrected chi connectivity index (χ0v) is 15.8. The van der Waals surface area contributed by atoms with Crippen molar-refractivity contribution in [3.63, 3.8) is 0 Å². The minimum Gasteiger partial charge on any atom is -0.390 e. The van der Waals surface area contributed by atoms with Crippen molar-refractivity contribution >= 4 is 0 Å². The van der Waals surface area contributed by atoms with E-state index in [9.17, 15) is 5.11 Å². The Hall–Kier alpha value is -0.0400. The third-order valence-corrected chi connectivity index (χ3v) is 4.97. The maximum atomic E-state index is 9.72. The van der Waals surface area contributed by atoms with E-state index in [1.165, 1.54) is 51.4 Å². The molecule has 0 amide bonds. The minimum atomic E-state index is -0.482. The van der Waals surface area contributed by atoms with E-state index in [1.807, 2.05) is 13.8 Å². The molecule has 3 unspecified atom stereocenters. The van der Waals surface area contributed by atoms with Gasteiger partial charge in [0.2, 0.25) is 0 Å². The molecule has 0 spiro atoms. The van der Waals surface area contributed by atoms with Crippen LogP contribution in [0.2, 0.25) is 0 Å². The van der Waals surface area contributed by atoms with Gasteiger partial charge in [-0.2, -0.15) is 0 Å². The summed E-state index contributed by atoms with van der Waals surface area (Å²) in [4.78, 5) is 0. The van der Waals surface area contributed by atoms with Crippen LogP contribution in [0.1, 0.15) is 106 Å². The molecule has 0 aromatic rings. The van der Waals surface area contributed by atoms with E-state index in [0.717, 1.165) is 30.6 Å². The number of hydrogen-bond acceptors (Lipinski definition) is 1. The topological polar surface area (TPSA) is 20.2 Å². The van der Waals surface area contributed by atoms with Gasteiger partial charge < -0.3 is 5.11 Å². The van der Waals surface area contributed by atoms with Gasteiger partial charge in [-0.3, -0.25) is 0 Å². The van der Waals surface area contributed by atoms with Crippen LogP contribution in [-0.4, -0.2) is 10.7 Å². The van der Waals surface area contributed by atoms with Crippen LogP contribution < -0.4 is 0 Å². The fourth-order valence-electron chi connectivity index (χ4n) is 3.01. The van der Waals surface area contributed by atoms with Crippen LogP contribution in [0.3, 0.4) is 0 Å². The summed E-state index contributed by atoms with van der Waals surface area (Å²) in [7, 11) is 0. The van der Waals surface area contributed by atoms with Gasteiger partial charge in [0, 0.05) is 0 Å². The van der Waals surface area contributed by atoms with Crippen molar-refractivity contribution in [3.8, 4) is 0 Å². The summed E-state index contributed by atoms with van der Waals surface area (Å²) in [6.45, 7) is 13.3. The Kier molecular flexibility index (Phi) is 11.5. The molecule has 0 aliphatic heterocycles. The van der Waals surface area contributed by atoms with E-state index in [1.54, 1.807) is 0 Å². The van der Waals surface area contributed by atoms with E-state index < -0.39 is 5.60 Å². The molecule has 0 fully saturated rings. The Morgan fingerprint density at radius 3 is 1.48 bits per heavy atom. The van der Waals surface area contributed by atoms with Gasteiger partial charge in [-0.15, -0.1) is 0 Å². The van der Waals surface area contributed by atoms with Crippen LogP contribution in [0, 0.1) is 17.8 Å². The quantitative estimate of drug-likeness (QED) is 0.407. The first-order chi connectivity index (χ1) is 9.74. The zero-order chi connectivity index (χ0) is 16.3. The van der Waals surface area contributed by atoms with Crippen molar-refractivity contribution in [1.29, 1.82) is 0 Å². The van der Waals surface area contributed by atoms with E-state index in [2.05, 4.69) is 27.7 Å². The maximum absolute atomic E-state index is 9.72. The van der Waals surface area contributed by atoms with E-state index in [-0.39, 0.29) is 0 Å². The second-order valence-corrected chi connectivity index (χ2v) is 8.29. The highest BCUT2D eigenvalue weighted by molar-refractivity contribution is 4.66. The third-order valence-electron chi connectivity index (χ3n) is 4.97. The van der Waals surface area contributed by atoms with E-state index in [0.29, 0.717) is 0 Å². The maximum Gasteiger partial charge on any atom is 0.0591 e. The molecule has 0 saturated heterocycles. The summed E-state index contributed by atoms with van der Waals surface area (Å²) in [5.41, 5.74) is -0.482. The van der Waals surface area contributed by atoms with E-state index in [4.69, 9.17) is 0 Å². The van der Waals surface area contributed by atoms with Crippen LogP contribution in [0.5, 0.6) is 0 Å². The standard InChI is InChI=1S/C20H42O/c1-7-17(2)11-8-12-18(3)13-9-14-19(4)15-10-16-20(5,6)21/h17-19,21H,7-16H2,1-6H3. The largest absolute Gasteiger partial charge is 0.390 e. The summed E-state index contributed by atoms with van der Waals surface area (Å²) in [6, 6.07) is 0. The zero-order valence-electron chi connectivity index (χ0n) is 15.8. The fraction of sp³-hybridized carbons (Fsp3) is 1.00. The molecule has 1 heteroatoms. The molecule has 1 nitrogen and oxygen atoms in total. The molecule has 0 aliphatic rings. The number of rotatable bonds is 13. The van der Waals surface area contributed by atoms with Crippen LogP contribution in [-0.2, 0) is 0 Å². The average molecular weight is 299 g/mol. The highest BCUT2D eigenvalue weighted by Gasteiger charge is 2.13. The molecular weight excluding hydrogens is 256 g/mol. The van der Waals surface area contributed by atoms with Crippen LogP contribution in [0.4, 0.5) is 0 Å². The Balaban J connectivity index is 3.51. The lowest BCUT2D eigenvalue weighted by molar-refractivity contribution is 0.0668. The van der Waals surface area contributed by atoms with Crippen LogP contribution >= 0.6 is 0 Å². The molecule has 21 heavy (non-hydrogen) atoms. The normalized spacial score (nSPS) is 16.7. The molecule has 1 N–H and O–H groups in total. The summed E-state index contributed by atoms with van der Waals surface area (Å²) < 4.78 is 0. The van der Waals surface area contributed by atoms with Crippen molar-refractivity contribution in [2.75, 3.05) is 0 Å². The van der Waals surface area contributed by atoms with Gasteiger partial charge in [-0.05, 0) is 38.0 Å². The highest BCUT2D eigenvalue weighted by atomic mass is 16.3. The Morgan fingerprint density at radius 2 is 1.10 bits per heavy atom. The second-order valence-electron chi connectivity index (χ2n) is 8.29. The molecule has 0 rings (SSSR count). The van der Waals surface area contributed by atoms with Gasteiger partial charge in [0.05, 0.1) is 5.60 Å². The van der Waals surface area contributed by atoms with Crippen molar-refractivity contribution in [2.45, 2.75) is 111 Å². The first-order valence-electron chi connectivity index (χ1n) is 9.47. The molecule has 128 valence electrons. The minimum absolute atomic E-state index is 0.482. The third kappa shape index (κ3) is 14.7. The Labute approximate surface area is 134 Å². The van der Waals surface area contributed by atoms with Gasteiger partial charge in [0.1, 0.15) is 0 Å². The second kappa shape index (κ2) is 11.5. The van der Waals surface area contributed by atoms with Crippen molar-refractivity contribution in [1.82, 2.24) is 0 Å². The molecule has 3 atom stereocenters. The predicted octanol–water partition coefficient (Wildman–Crippen LogP) is 6.59. The van der Waals surface area contributed by atoms with Crippen LogP contribution in [0.15, 0.2) is 0 Å². The summed E-state index contributed by atoms with van der Waals surface area (Å²) >= 11 is 0. The van der Waals surface area contributed by atoms with Crippen molar-refractivity contribution < 1.29 is 5.11 Å². The molecule has 0 aliphatic carbocycles. The highest BCUT2D eigenvalue weighted by Crippen LogP contribution is 2.23. The van der Waals surface area contributed by atoms with Gasteiger partial charge in [-0.25, -0.2) is 0 Å². The lowest BCUT2D eigenvalue weighted by Gasteiger charge is -2.19. The van der Waals surface area contributed by atoms with Gasteiger partial charge in [-0.1, -0.05) is 85.5 Å². The predicted molar refractivity (Wildman–Crippen MR) is 95.6 cm³/mol. The van der Waals surface area contributed by atoms with Gasteiger partial charge in [0.25, 0.3) is 0 Å². The molecule has 0 saturated carbocycles. The summed E-state index contributed by atoms with van der Waals surface area (Å²) in [5.74, 6) is 2.63. The lowest BCUT2D eigenvalue weighted by atomic mass is 9.90. The molecule has 0 aromatic heterocycles. The first-order valence-corrected chi connectivity index (χ1v) is 9.47. The average Bonchev–Trinajstić information content (AvgIpc) is 2.36. The van der Waals surface area contributed by atoms with Gasteiger partial charge in [0.15, 0.2) is 0 Å². The molecular formula is C20H42O. The molecule has 0 radical (unpaired) electrons. The first kappa shape index (κ1) is 21.0. The van der Waals surface area contributed by atoms with Gasteiger partial charge >= 0.3 is 0 Å². The van der Waals surface area contributed by atoms with E-state index >= 15 is 0 Å². The molecule has 0 aromatic carbocycles. The molecule has 0 bridgehead atoms. The van der Waals surface area contributed by atoms with Crippen LogP contribution in [0.25, 0.3) is 0 Å². The summed E-state index contributed by atoms with van der Waals surface area (Å²) in [6.07, 6.45) is 13.1. The summed E-state index contributed by atoms with van der Waals surface area (Å²) in [5, 5.41) is 9.72. The van der Waals surface area contributed by atoms with Crippen molar-refractivity contribution in [3.05, 3.63) is 0 Å². The molecule has 0 heterocycles. The van der Waals surface area contributed by atoms with Crippen molar-refractivity contribution in [2.24, 2.45) is 17.8 Å². The Bertz CT molecular complexity index is 228. The monoisotopic (exact) mass is 298 g/mol. The fourth-order valence-corrected chi connectivity index (χ4v) is 3.01. The number of aliphatic hydroxyl groups is 1. The smallest absolute Gasteiger partial charge is 0.0591 e.